The molecule has 0 radical (unpaired) electrons. The third-order valence-corrected chi connectivity index (χ3v) is 6.27. The molecule has 0 aromatic heterocycles. The third kappa shape index (κ3) is 5.56. The van der Waals surface area contributed by atoms with Gasteiger partial charge in [0, 0.05) is 19.0 Å². The van der Waals surface area contributed by atoms with Gasteiger partial charge in [0.05, 0.1) is 12.0 Å². The predicted molar refractivity (Wildman–Crippen MR) is 108 cm³/mol. The van der Waals surface area contributed by atoms with Crippen molar-refractivity contribution in [2.45, 2.75) is 50.1 Å². The maximum atomic E-state index is 12.2. The molecular weight excluding hydrogens is 376 g/mol. The lowest BCUT2D eigenvalue weighted by Gasteiger charge is -2.09. The second-order valence-electron chi connectivity index (χ2n) is 7.12. The van der Waals surface area contributed by atoms with Crippen LogP contribution in [0.4, 0.5) is 0 Å². The number of hydrogen-bond acceptors (Lipinski definition) is 4. The van der Waals surface area contributed by atoms with Crippen molar-refractivity contribution in [1.29, 1.82) is 0 Å². The lowest BCUT2D eigenvalue weighted by molar-refractivity contribution is -0.121. The van der Waals surface area contributed by atoms with Crippen LogP contribution < -0.4 is 14.8 Å². The maximum Gasteiger partial charge on any atom is 0.240 e. The Morgan fingerprint density at radius 1 is 1.11 bits per heavy atom. The fourth-order valence-corrected chi connectivity index (χ4v) is 4.15. The molecule has 0 aliphatic heterocycles. The number of amides is 1. The first-order valence-corrected chi connectivity index (χ1v) is 10.9. The molecule has 2 aromatic carbocycles. The molecule has 0 unspecified atom stereocenters. The zero-order valence-corrected chi connectivity index (χ0v) is 17.0. The van der Waals surface area contributed by atoms with E-state index >= 15 is 0 Å². The van der Waals surface area contributed by atoms with E-state index in [9.17, 15) is 13.2 Å². The Morgan fingerprint density at radius 2 is 1.79 bits per heavy atom. The van der Waals surface area contributed by atoms with Crippen LogP contribution in [0.25, 0.3) is 0 Å². The van der Waals surface area contributed by atoms with Crippen molar-refractivity contribution in [3.8, 4) is 5.75 Å². The molecule has 150 valence electrons. The molecule has 28 heavy (non-hydrogen) atoms. The number of benzene rings is 2. The van der Waals surface area contributed by atoms with Gasteiger partial charge in [0.15, 0.2) is 0 Å². The SMILES string of the molecule is COc1cc(CNC(=O)CCc2ccc(S(=O)(=O)NC3CC3)cc2)ccc1C. The number of carbonyl (C=O) groups excluding carboxylic acids is 1. The Labute approximate surface area is 166 Å². The maximum absolute atomic E-state index is 12.2. The molecule has 6 nitrogen and oxygen atoms in total. The average Bonchev–Trinajstić information content (AvgIpc) is 3.49. The standard InChI is InChI=1S/C21H26N2O4S/c1-15-3-4-17(13-20(15)27-2)14-22-21(24)12-7-16-5-10-19(11-6-16)28(25,26)23-18-8-9-18/h3-6,10-11,13,18,23H,7-9,12,14H2,1-2H3,(H,22,24). The van der Waals surface area contributed by atoms with Crippen LogP contribution in [0.5, 0.6) is 5.75 Å². The molecule has 3 rings (SSSR count). The number of aryl methyl sites for hydroxylation is 2. The number of hydrogen-bond donors (Lipinski definition) is 2. The van der Waals surface area contributed by atoms with Crippen LogP contribution in [-0.2, 0) is 27.8 Å². The fraction of sp³-hybridized carbons (Fsp3) is 0.381. The molecule has 1 amide bonds. The molecule has 0 spiro atoms. The minimum atomic E-state index is -3.43. The van der Waals surface area contributed by atoms with Crippen LogP contribution in [0.2, 0.25) is 0 Å². The Morgan fingerprint density at radius 3 is 2.43 bits per heavy atom. The summed E-state index contributed by atoms with van der Waals surface area (Å²) in [5.74, 6) is 0.754. The second kappa shape index (κ2) is 8.75. The molecule has 1 saturated carbocycles. The van der Waals surface area contributed by atoms with Gasteiger partial charge in [-0.1, -0.05) is 24.3 Å². The van der Waals surface area contributed by atoms with Crippen LogP contribution in [0.3, 0.4) is 0 Å². The van der Waals surface area contributed by atoms with Gasteiger partial charge in [0.25, 0.3) is 0 Å². The van der Waals surface area contributed by atoms with Gasteiger partial charge in [-0.2, -0.15) is 0 Å². The van der Waals surface area contributed by atoms with Crippen molar-refractivity contribution in [1.82, 2.24) is 10.0 Å². The molecule has 1 aliphatic rings. The summed E-state index contributed by atoms with van der Waals surface area (Å²) in [4.78, 5) is 12.4. The molecule has 0 bridgehead atoms. The van der Waals surface area contributed by atoms with E-state index in [-0.39, 0.29) is 16.8 Å². The van der Waals surface area contributed by atoms with Crippen LogP contribution in [0, 0.1) is 6.92 Å². The predicted octanol–water partition coefficient (Wildman–Crippen LogP) is 2.69. The van der Waals surface area contributed by atoms with Gasteiger partial charge >= 0.3 is 0 Å². The van der Waals surface area contributed by atoms with Crippen molar-refractivity contribution in [3.63, 3.8) is 0 Å². The van der Waals surface area contributed by atoms with Crippen molar-refractivity contribution in [2.24, 2.45) is 0 Å². The van der Waals surface area contributed by atoms with E-state index in [1.165, 1.54) is 0 Å². The number of rotatable bonds is 9. The molecule has 0 heterocycles. The normalized spacial score (nSPS) is 13.9. The Balaban J connectivity index is 1.47. The Hall–Kier alpha value is -2.38. The third-order valence-electron chi connectivity index (χ3n) is 4.74. The molecule has 2 N–H and O–H groups in total. The van der Waals surface area contributed by atoms with Gasteiger partial charge in [0.2, 0.25) is 15.9 Å². The summed E-state index contributed by atoms with van der Waals surface area (Å²) in [5.41, 5.74) is 2.96. The molecule has 0 saturated heterocycles. The average molecular weight is 403 g/mol. The van der Waals surface area contributed by atoms with Gasteiger partial charge in [-0.25, -0.2) is 13.1 Å². The highest BCUT2D eigenvalue weighted by atomic mass is 32.2. The van der Waals surface area contributed by atoms with Gasteiger partial charge in [-0.05, 0) is 61.1 Å². The first-order valence-electron chi connectivity index (χ1n) is 9.39. The summed E-state index contributed by atoms with van der Waals surface area (Å²) < 4.78 is 32.3. The smallest absolute Gasteiger partial charge is 0.240 e. The van der Waals surface area contributed by atoms with E-state index in [2.05, 4.69) is 10.0 Å². The highest BCUT2D eigenvalue weighted by Gasteiger charge is 2.27. The number of ether oxygens (including phenoxy) is 1. The zero-order chi connectivity index (χ0) is 20.1. The summed E-state index contributed by atoms with van der Waals surface area (Å²) in [6, 6.07) is 12.7. The summed E-state index contributed by atoms with van der Waals surface area (Å²) in [5, 5.41) is 2.90. The summed E-state index contributed by atoms with van der Waals surface area (Å²) in [7, 11) is -1.80. The van der Waals surface area contributed by atoms with E-state index in [0.29, 0.717) is 19.4 Å². The first kappa shape index (κ1) is 20.4. The molecule has 2 aromatic rings. The lowest BCUT2D eigenvalue weighted by Crippen LogP contribution is -2.25. The monoisotopic (exact) mass is 402 g/mol. The van der Waals surface area contributed by atoms with Crippen molar-refractivity contribution in [3.05, 3.63) is 59.2 Å². The molecule has 1 fully saturated rings. The van der Waals surface area contributed by atoms with Gasteiger partial charge < -0.3 is 10.1 Å². The van der Waals surface area contributed by atoms with Gasteiger partial charge in [-0.15, -0.1) is 0 Å². The van der Waals surface area contributed by atoms with Crippen LogP contribution in [0.1, 0.15) is 36.0 Å². The lowest BCUT2D eigenvalue weighted by atomic mass is 10.1. The minimum Gasteiger partial charge on any atom is -0.496 e. The summed E-state index contributed by atoms with van der Waals surface area (Å²) >= 11 is 0. The number of sulfonamides is 1. The van der Waals surface area contributed by atoms with Crippen molar-refractivity contribution in [2.75, 3.05) is 7.11 Å². The minimum absolute atomic E-state index is 0.0494. The largest absolute Gasteiger partial charge is 0.496 e. The number of methoxy groups -OCH3 is 1. The van der Waals surface area contributed by atoms with Crippen LogP contribution in [-0.4, -0.2) is 27.5 Å². The molecule has 0 atom stereocenters. The molecule has 1 aliphatic carbocycles. The summed E-state index contributed by atoms with van der Waals surface area (Å²) in [6.07, 6.45) is 2.71. The zero-order valence-electron chi connectivity index (χ0n) is 16.2. The van der Waals surface area contributed by atoms with Crippen LogP contribution in [0.15, 0.2) is 47.4 Å². The van der Waals surface area contributed by atoms with E-state index in [1.54, 1.807) is 31.4 Å². The van der Waals surface area contributed by atoms with E-state index < -0.39 is 10.0 Å². The van der Waals surface area contributed by atoms with Crippen molar-refractivity contribution < 1.29 is 17.9 Å². The van der Waals surface area contributed by atoms with Gasteiger partial charge in [0.1, 0.15) is 5.75 Å². The highest BCUT2D eigenvalue weighted by molar-refractivity contribution is 7.89. The quantitative estimate of drug-likeness (QED) is 0.675. The first-order chi connectivity index (χ1) is 13.4. The van der Waals surface area contributed by atoms with Gasteiger partial charge in [-0.3, -0.25) is 4.79 Å². The number of nitrogens with one attached hydrogen (secondary N) is 2. The summed E-state index contributed by atoms with van der Waals surface area (Å²) in [6.45, 7) is 2.42. The van der Waals surface area contributed by atoms with E-state index in [0.717, 1.165) is 35.3 Å². The Bertz CT molecular complexity index is 935. The Kier molecular flexibility index (Phi) is 6.36. The van der Waals surface area contributed by atoms with E-state index in [1.807, 2.05) is 25.1 Å². The molecule has 7 heteroatoms. The fourth-order valence-electron chi connectivity index (χ4n) is 2.85. The van der Waals surface area contributed by atoms with E-state index in [4.69, 9.17) is 4.74 Å². The van der Waals surface area contributed by atoms with Crippen LogP contribution >= 0.6 is 0 Å². The second-order valence-corrected chi connectivity index (χ2v) is 8.83. The highest BCUT2D eigenvalue weighted by Crippen LogP contribution is 2.22. The topological polar surface area (TPSA) is 84.5 Å². The van der Waals surface area contributed by atoms with Crippen molar-refractivity contribution >= 4 is 15.9 Å². The number of carbonyl (C=O) groups is 1. The molecular formula is C21H26N2O4S.